The molecule has 0 saturated carbocycles. The lowest BCUT2D eigenvalue weighted by Crippen LogP contribution is -2.50. The Kier molecular flexibility index (Phi) is 7.63. The summed E-state index contributed by atoms with van der Waals surface area (Å²) in [6.45, 7) is 7.04. The number of hydrogen-bond acceptors (Lipinski definition) is 2. The molecule has 0 bridgehead atoms. The number of likely N-dealkylation sites (tertiary alicyclic amines) is 1. The fraction of sp³-hybridized carbons (Fsp3) is 0.500. The van der Waals surface area contributed by atoms with Crippen molar-refractivity contribution in [2.45, 2.75) is 38.6 Å². The van der Waals surface area contributed by atoms with Crippen molar-refractivity contribution in [3.8, 4) is 0 Å². The van der Waals surface area contributed by atoms with Gasteiger partial charge in [0.15, 0.2) is 0 Å². The Hall–Kier alpha value is -2.37. The van der Waals surface area contributed by atoms with Gasteiger partial charge in [-0.15, -0.1) is 6.58 Å². The van der Waals surface area contributed by atoms with Crippen LogP contribution in [0.1, 0.15) is 44.2 Å². The molecule has 0 spiro atoms. The summed E-state index contributed by atoms with van der Waals surface area (Å²) < 4.78 is 13.2. The van der Waals surface area contributed by atoms with Crippen molar-refractivity contribution in [1.29, 1.82) is 0 Å². The van der Waals surface area contributed by atoms with Crippen LogP contribution in [0, 0.1) is 11.7 Å². The van der Waals surface area contributed by atoms with Crippen LogP contribution in [0.5, 0.6) is 0 Å². The number of amides is 3. The minimum Gasteiger partial charge on any atom is -0.352 e. The molecule has 1 aromatic rings. The molecule has 1 heterocycles. The molecule has 1 aliphatic heterocycles. The van der Waals surface area contributed by atoms with E-state index in [9.17, 15) is 14.0 Å². The summed E-state index contributed by atoms with van der Waals surface area (Å²) in [5.41, 5.74) is 0.891. The lowest BCUT2D eigenvalue weighted by Gasteiger charge is -2.39. The fourth-order valence-electron chi connectivity index (χ4n) is 3.23. The van der Waals surface area contributed by atoms with Gasteiger partial charge >= 0.3 is 6.03 Å². The highest BCUT2D eigenvalue weighted by Crippen LogP contribution is 2.33. The third-order valence-electron chi connectivity index (χ3n) is 4.70. The summed E-state index contributed by atoms with van der Waals surface area (Å²) in [5.74, 6) is -0.609. The first kappa shape index (κ1) is 19.9. The van der Waals surface area contributed by atoms with Gasteiger partial charge in [0.25, 0.3) is 0 Å². The first-order valence-electron chi connectivity index (χ1n) is 9.25. The summed E-state index contributed by atoms with van der Waals surface area (Å²) in [5, 5.41) is 5.74. The number of urea groups is 1. The smallest absolute Gasteiger partial charge is 0.317 e. The van der Waals surface area contributed by atoms with Crippen molar-refractivity contribution in [1.82, 2.24) is 15.5 Å². The molecule has 5 nitrogen and oxygen atoms in total. The van der Waals surface area contributed by atoms with E-state index in [2.05, 4.69) is 24.1 Å². The number of halogens is 1. The van der Waals surface area contributed by atoms with E-state index >= 15 is 0 Å². The molecule has 0 aliphatic carbocycles. The lowest BCUT2D eigenvalue weighted by atomic mass is 9.88. The number of piperidine rings is 1. The quantitative estimate of drug-likeness (QED) is 0.578. The SMILES string of the molecule is C=CCNC(=O)[C@@H]1CC[C@@H](c2ccc(F)cc2)N(C(=O)NCCCC)C1. The zero-order valence-electron chi connectivity index (χ0n) is 15.3. The second kappa shape index (κ2) is 9.94. The van der Waals surface area contributed by atoms with Crippen LogP contribution < -0.4 is 10.6 Å². The van der Waals surface area contributed by atoms with Crippen molar-refractivity contribution in [2.24, 2.45) is 5.92 Å². The van der Waals surface area contributed by atoms with Crippen molar-refractivity contribution >= 4 is 11.9 Å². The molecule has 2 atom stereocenters. The molecule has 1 aliphatic rings. The molecule has 142 valence electrons. The van der Waals surface area contributed by atoms with Gasteiger partial charge in [0, 0.05) is 19.6 Å². The highest BCUT2D eigenvalue weighted by Gasteiger charge is 2.35. The van der Waals surface area contributed by atoms with E-state index < -0.39 is 0 Å². The van der Waals surface area contributed by atoms with E-state index in [0.717, 1.165) is 18.4 Å². The molecule has 1 saturated heterocycles. The second-order valence-corrected chi connectivity index (χ2v) is 6.61. The summed E-state index contributed by atoms with van der Waals surface area (Å²) in [7, 11) is 0. The van der Waals surface area contributed by atoms with Crippen molar-refractivity contribution in [3.05, 3.63) is 48.3 Å². The van der Waals surface area contributed by atoms with Crippen LogP contribution in [0.3, 0.4) is 0 Å². The average Bonchev–Trinajstić information content (AvgIpc) is 2.66. The molecule has 2 N–H and O–H groups in total. The van der Waals surface area contributed by atoms with E-state index in [-0.39, 0.29) is 29.7 Å². The molecular weight excluding hydrogens is 333 g/mol. The van der Waals surface area contributed by atoms with Gasteiger partial charge in [-0.2, -0.15) is 0 Å². The Bertz CT molecular complexity index is 618. The Morgan fingerprint density at radius 1 is 1.27 bits per heavy atom. The summed E-state index contributed by atoms with van der Waals surface area (Å²) >= 11 is 0. The van der Waals surface area contributed by atoms with Crippen LogP contribution >= 0.6 is 0 Å². The number of hydrogen-bond donors (Lipinski definition) is 2. The maximum atomic E-state index is 13.2. The minimum atomic E-state index is -0.301. The first-order chi connectivity index (χ1) is 12.6. The van der Waals surface area contributed by atoms with Gasteiger partial charge in [-0.05, 0) is 37.0 Å². The molecule has 6 heteroatoms. The topological polar surface area (TPSA) is 61.4 Å². The average molecular weight is 361 g/mol. The Morgan fingerprint density at radius 2 is 2.00 bits per heavy atom. The van der Waals surface area contributed by atoms with Crippen LogP contribution in [0.4, 0.5) is 9.18 Å². The van der Waals surface area contributed by atoms with Gasteiger partial charge in [0.05, 0.1) is 12.0 Å². The highest BCUT2D eigenvalue weighted by atomic mass is 19.1. The van der Waals surface area contributed by atoms with Crippen molar-refractivity contribution in [2.75, 3.05) is 19.6 Å². The van der Waals surface area contributed by atoms with Gasteiger partial charge in [-0.25, -0.2) is 9.18 Å². The number of carbonyl (C=O) groups excluding carboxylic acids is 2. The highest BCUT2D eigenvalue weighted by molar-refractivity contribution is 5.81. The second-order valence-electron chi connectivity index (χ2n) is 6.61. The predicted molar refractivity (Wildman–Crippen MR) is 100 cm³/mol. The van der Waals surface area contributed by atoms with E-state index in [1.807, 2.05) is 0 Å². The lowest BCUT2D eigenvalue weighted by molar-refractivity contribution is -0.126. The third-order valence-corrected chi connectivity index (χ3v) is 4.70. The van der Waals surface area contributed by atoms with E-state index in [4.69, 9.17) is 0 Å². The van der Waals surface area contributed by atoms with E-state index in [1.54, 1.807) is 23.1 Å². The number of nitrogens with one attached hydrogen (secondary N) is 2. The number of rotatable bonds is 7. The maximum Gasteiger partial charge on any atom is 0.317 e. The molecular formula is C20H28FN3O2. The summed E-state index contributed by atoms with van der Waals surface area (Å²) in [6.07, 6.45) is 4.89. The number of carbonyl (C=O) groups is 2. The van der Waals surface area contributed by atoms with E-state index in [1.165, 1.54) is 12.1 Å². The normalized spacial score (nSPS) is 19.7. The Labute approximate surface area is 154 Å². The van der Waals surface area contributed by atoms with Crippen LogP contribution in [0.25, 0.3) is 0 Å². The fourth-order valence-corrected chi connectivity index (χ4v) is 3.23. The van der Waals surface area contributed by atoms with Gasteiger partial charge in [-0.1, -0.05) is 31.6 Å². The molecule has 0 aromatic heterocycles. The van der Waals surface area contributed by atoms with Gasteiger partial charge in [-0.3, -0.25) is 4.79 Å². The molecule has 1 aromatic carbocycles. The zero-order chi connectivity index (χ0) is 18.9. The van der Waals surface area contributed by atoms with Crippen LogP contribution in [0.2, 0.25) is 0 Å². The minimum absolute atomic E-state index is 0.0613. The van der Waals surface area contributed by atoms with Crippen molar-refractivity contribution < 1.29 is 14.0 Å². The molecule has 26 heavy (non-hydrogen) atoms. The van der Waals surface area contributed by atoms with Crippen LogP contribution in [-0.2, 0) is 4.79 Å². The molecule has 3 amide bonds. The summed E-state index contributed by atoms with van der Waals surface area (Å²) in [4.78, 5) is 26.7. The van der Waals surface area contributed by atoms with Gasteiger partial charge in [0.2, 0.25) is 5.91 Å². The Morgan fingerprint density at radius 3 is 2.65 bits per heavy atom. The van der Waals surface area contributed by atoms with Crippen molar-refractivity contribution in [3.63, 3.8) is 0 Å². The number of unbranched alkanes of at least 4 members (excludes halogenated alkanes) is 1. The van der Waals surface area contributed by atoms with Crippen LogP contribution in [0.15, 0.2) is 36.9 Å². The Balaban J connectivity index is 2.13. The number of benzene rings is 1. The molecule has 1 fully saturated rings. The molecule has 2 rings (SSSR count). The summed E-state index contributed by atoms with van der Waals surface area (Å²) in [6, 6.07) is 5.92. The molecule has 0 radical (unpaired) electrons. The van der Waals surface area contributed by atoms with Gasteiger partial charge < -0.3 is 15.5 Å². The standard InChI is InChI=1S/C20H28FN3O2/c1-3-5-13-23-20(26)24-14-16(19(25)22-12-4-2)8-11-18(24)15-6-9-17(21)10-7-15/h4,6-7,9-10,16,18H,2-3,5,8,11-14H2,1H3,(H,22,25)(H,23,26)/t16-,18+/m1/s1. The third kappa shape index (κ3) is 5.31. The largest absolute Gasteiger partial charge is 0.352 e. The number of nitrogens with zero attached hydrogens (tertiary/aromatic N) is 1. The predicted octanol–water partition coefficient (Wildman–Crippen LogP) is 3.39. The maximum absolute atomic E-state index is 13.2. The van der Waals surface area contributed by atoms with Gasteiger partial charge in [0.1, 0.15) is 5.82 Å². The van der Waals surface area contributed by atoms with Crippen LogP contribution in [-0.4, -0.2) is 36.5 Å². The molecule has 0 unspecified atom stereocenters. The first-order valence-corrected chi connectivity index (χ1v) is 9.25. The monoisotopic (exact) mass is 361 g/mol. The zero-order valence-corrected chi connectivity index (χ0v) is 15.3. The van der Waals surface area contributed by atoms with E-state index in [0.29, 0.717) is 32.5 Å².